The van der Waals surface area contributed by atoms with Crippen LogP contribution in [0.5, 0.6) is 5.75 Å². The fourth-order valence-corrected chi connectivity index (χ4v) is 5.40. The van der Waals surface area contributed by atoms with Crippen molar-refractivity contribution in [3.63, 3.8) is 0 Å². The molecule has 7 nitrogen and oxygen atoms in total. The number of nitrogens with one attached hydrogen (secondary N) is 2. The molecule has 2 unspecified atom stereocenters. The topological polar surface area (TPSA) is 87.7 Å². The summed E-state index contributed by atoms with van der Waals surface area (Å²) < 4.78 is 31.8. The number of methoxy groups -OCH3 is 1. The Morgan fingerprint density at radius 2 is 2.00 bits per heavy atom. The van der Waals surface area contributed by atoms with Crippen LogP contribution >= 0.6 is 11.6 Å². The molecule has 0 bridgehead atoms. The van der Waals surface area contributed by atoms with Crippen LogP contribution in [-0.2, 0) is 14.8 Å². The van der Waals surface area contributed by atoms with Gasteiger partial charge in [-0.1, -0.05) is 23.7 Å². The van der Waals surface area contributed by atoms with E-state index in [0.29, 0.717) is 35.8 Å². The van der Waals surface area contributed by atoms with Crippen LogP contribution < -0.4 is 14.8 Å². The Morgan fingerprint density at radius 1 is 1.23 bits per heavy atom. The summed E-state index contributed by atoms with van der Waals surface area (Å²) in [4.78, 5) is 14.5. The van der Waals surface area contributed by atoms with Gasteiger partial charge in [0, 0.05) is 29.6 Å². The van der Waals surface area contributed by atoms with Crippen molar-refractivity contribution in [3.05, 3.63) is 52.0 Å². The van der Waals surface area contributed by atoms with Gasteiger partial charge in [-0.2, -0.15) is 0 Å². The van der Waals surface area contributed by atoms with Crippen LogP contribution in [0.15, 0.2) is 30.3 Å². The number of hydrogen-bond acceptors (Lipinski definition) is 5. The molecule has 0 aromatic heterocycles. The van der Waals surface area contributed by atoms with E-state index in [4.69, 9.17) is 16.3 Å². The molecular formula is C22H26ClN3O4S. The van der Waals surface area contributed by atoms with Gasteiger partial charge in [0.15, 0.2) is 0 Å². The number of aryl methyl sites for hydroxylation is 1. The summed E-state index contributed by atoms with van der Waals surface area (Å²) in [6.07, 6.45) is 3.06. The third-order valence-corrected chi connectivity index (χ3v) is 6.74. The molecule has 2 atom stereocenters. The van der Waals surface area contributed by atoms with Gasteiger partial charge in [-0.25, -0.2) is 8.42 Å². The minimum atomic E-state index is -3.46. The lowest BCUT2D eigenvalue weighted by Gasteiger charge is -2.39. The van der Waals surface area contributed by atoms with Gasteiger partial charge in [-0.15, -0.1) is 0 Å². The van der Waals surface area contributed by atoms with E-state index in [2.05, 4.69) is 10.0 Å². The van der Waals surface area contributed by atoms with E-state index in [9.17, 15) is 13.2 Å². The van der Waals surface area contributed by atoms with E-state index >= 15 is 0 Å². The Balaban J connectivity index is 1.83. The highest BCUT2D eigenvalue weighted by Crippen LogP contribution is 2.49. The number of nitrogens with zero attached hydrogens (tertiary/aromatic N) is 1. The van der Waals surface area contributed by atoms with E-state index < -0.39 is 10.0 Å². The van der Waals surface area contributed by atoms with E-state index in [1.54, 1.807) is 19.2 Å². The first-order chi connectivity index (χ1) is 14.7. The van der Waals surface area contributed by atoms with Gasteiger partial charge < -0.3 is 15.0 Å². The fourth-order valence-electron chi connectivity index (χ4n) is 4.48. The number of fused-ring (bicyclic) bond motifs is 1. The minimum absolute atomic E-state index is 0.104. The molecule has 0 aliphatic carbocycles. The molecule has 9 heteroatoms. The second kappa shape index (κ2) is 8.24. The summed E-state index contributed by atoms with van der Waals surface area (Å²) in [5.74, 6) is 0.611. The molecule has 0 radical (unpaired) electrons. The molecule has 0 spiro atoms. The van der Waals surface area contributed by atoms with Crippen LogP contribution in [0.2, 0.25) is 5.02 Å². The maximum Gasteiger partial charge on any atom is 0.229 e. The van der Waals surface area contributed by atoms with E-state index in [-0.39, 0.29) is 18.0 Å². The first-order valence-corrected chi connectivity index (χ1v) is 12.4. The van der Waals surface area contributed by atoms with Crippen LogP contribution in [0.25, 0.3) is 0 Å². The third-order valence-electron chi connectivity index (χ3n) is 5.81. The van der Waals surface area contributed by atoms with Crippen LogP contribution in [0, 0.1) is 6.92 Å². The van der Waals surface area contributed by atoms with Gasteiger partial charge >= 0.3 is 0 Å². The number of amides is 1. The highest BCUT2D eigenvalue weighted by atomic mass is 35.5. The van der Waals surface area contributed by atoms with Gasteiger partial charge in [0.1, 0.15) is 5.75 Å². The average molecular weight is 464 g/mol. The number of carbonyl (C=O) groups excluding carboxylic acids is 1. The van der Waals surface area contributed by atoms with Gasteiger partial charge in [0.05, 0.1) is 36.8 Å². The van der Waals surface area contributed by atoms with Crippen molar-refractivity contribution in [2.75, 3.05) is 29.9 Å². The molecule has 31 heavy (non-hydrogen) atoms. The molecule has 2 heterocycles. The van der Waals surface area contributed by atoms with Crippen molar-refractivity contribution >= 4 is 38.9 Å². The number of likely N-dealkylation sites (tertiary alicyclic amines) is 1. The molecule has 2 aromatic carbocycles. The van der Waals surface area contributed by atoms with Crippen LogP contribution in [0.1, 0.15) is 48.0 Å². The molecule has 166 valence electrons. The minimum Gasteiger partial charge on any atom is -0.494 e. The molecule has 2 aliphatic heterocycles. The average Bonchev–Trinajstić information content (AvgIpc) is 3.11. The Morgan fingerprint density at radius 3 is 2.61 bits per heavy atom. The molecule has 4 rings (SSSR count). The van der Waals surface area contributed by atoms with Crippen LogP contribution in [0.4, 0.5) is 11.4 Å². The standard InChI is InChI=1S/C22H26ClN3O4S/c1-13-6-7-15(17(23)9-13)18-12-19(26-8-4-5-21(26)27)16-10-14(25-31(3,28)29)11-20(30-2)22(16)24-18/h6-7,9-11,18-19,24-25H,4-5,8,12H2,1-3H3. The molecule has 2 N–H and O–H groups in total. The van der Waals surface area contributed by atoms with E-state index in [1.807, 2.05) is 30.0 Å². The zero-order valence-corrected chi connectivity index (χ0v) is 19.3. The first-order valence-electron chi connectivity index (χ1n) is 10.2. The SMILES string of the molecule is COc1cc(NS(C)(=O)=O)cc2c1NC(c1ccc(C)cc1Cl)CC2N1CCCC1=O. The van der Waals surface area contributed by atoms with Gasteiger partial charge in [-0.05, 0) is 43.0 Å². The van der Waals surface area contributed by atoms with E-state index in [1.165, 1.54) is 0 Å². The highest BCUT2D eigenvalue weighted by Gasteiger charge is 2.38. The summed E-state index contributed by atoms with van der Waals surface area (Å²) in [7, 11) is -1.92. The largest absolute Gasteiger partial charge is 0.494 e. The molecule has 2 aliphatic rings. The predicted octanol–water partition coefficient (Wildman–Crippen LogP) is 4.25. The summed E-state index contributed by atoms with van der Waals surface area (Å²) >= 11 is 6.57. The Hall–Kier alpha value is -2.45. The number of ether oxygens (including phenoxy) is 1. The lowest BCUT2D eigenvalue weighted by molar-refractivity contribution is -0.130. The van der Waals surface area contributed by atoms with E-state index in [0.717, 1.165) is 35.1 Å². The van der Waals surface area contributed by atoms with Crippen LogP contribution in [0.3, 0.4) is 0 Å². The maximum absolute atomic E-state index is 12.6. The number of sulfonamides is 1. The highest BCUT2D eigenvalue weighted by molar-refractivity contribution is 7.92. The van der Waals surface area contributed by atoms with Crippen molar-refractivity contribution < 1.29 is 17.9 Å². The van der Waals surface area contributed by atoms with Crippen molar-refractivity contribution in [2.45, 2.75) is 38.3 Å². The van der Waals surface area contributed by atoms with Crippen molar-refractivity contribution in [1.29, 1.82) is 0 Å². The Labute approximate surface area is 187 Å². The number of hydrogen-bond donors (Lipinski definition) is 2. The van der Waals surface area contributed by atoms with Crippen molar-refractivity contribution in [1.82, 2.24) is 4.90 Å². The Bertz CT molecular complexity index is 1140. The molecule has 0 saturated carbocycles. The summed E-state index contributed by atoms with van der Waals surface area (Å²) in [6, 6.07) is 9.05. The zero-order chi connectivity index (χ0) is 22.3. The number of rotatable bonds is 5. The fraction of sp³-hybridized carbons (Fsp3) is 0.409. The Kier molecular flexibility index (Phi) is 5.79. The van der Waals surface area contributed by atoms with Crippen molar-refractivity contribution in [2.24, 2.45) is 0 Å². The smallest absolute Gasteiger partial charge is 0.229 e. The number of anilines is 2. The zero-order valence-electron chi connectivity index (χ0n) is 17.7. The van der Waals surface area contributed by atoms with Gasteiger partial charge in [-0.3, -0.25) is 9.52 Å². The molecule has 2 aromatic rings. The lowest BCUT2D eigenvalue weighted by atomic mass is 9.87. The number of halogens is 1. The normalized spacial score (nSPS) is 20.9. The molecular weight excluding hydrogens is 438 g/mol. The van der Waals surface area contributed by atoms with Crippen LogP contribution in [-0.4, -0.2) is 39.1 Å². The maximum atomic E-state index is 12.6. The lowest BCUT2D eigenvalue weighted by Crippen LogP contribution is -2.35. The summed E-state index contributed by atoms with van der Waals surface area (Å²) in [5, 5.41) is 4.20. The first kappa shape index (κ1) is 21.8. The number of carbonyl (C=O) groups is 1. The van der Waals surface area contributed by atoms with Crippen molar-refractivity contribution in [3.8, 4) is 5.75 Å². The molecule has 1 amide bonds. The summed E-state index contributed by atoms with van der Waals surface area (Å²) in [5.41, 5.74) is 4.02. The number of benzene rings is 2. The second-order valence-electron chi connectivity index (χ2n) is 8.18. The summed E-state index contributed by atoms with van der Waals surface area (Å²) in [6.45, 7) is 2.66. The van der Waals surface area contributed by atoms with Gasteiger partial charge in [0.2, 0.25) is 15.9 Å². The quantitative estimate of drug-likeness (QED) is 0.692. The molecule has 1 saturated heterocycles. The van der Waals surface area contributed by atoms with Gasteiger partial charge in [0.25, 0.3) is 0 Å². The second-order valence-corrected chi connectivity index (χ2v) is 10.3. The monoisotopic (exact) mass is 463 g/mol. The molecule has 1 fully saturated rings. The predicted molar refractivity (Wildman–Crippen MR) is 122 cm³/mol. The third kappa shape index (κ3) is 4.45.